The number of amides is 2. The molecule has 3 aromatic rings. The maximum absolute atomic E-state index is 11.7. The summed E-state index contributed by atoms with van der Waals surface area (Å²) < 4.78 is 2.02. The van der Waals surface area contributed by atoms with Crippen molar-refractivity contribution in [2.24, 2.45) is 11.7 Å². The van der Waals surface area contributed by atoms with E-state index in [4.69, 9.17) is 38.9 Å². The fraction of sp³-hybridized carbons (Fsp3) is 0.458. The molecule has 5 N–H and O–H groups in total. The van der Waals surface area contributed by atoms with Crippen LogP contribution in [0.1, 0.15) is 44.6 Å². The van der Waals surface area contributed by atoms with Crippen LogP contribution in [-0.2, 0) is 4.79 Å². The van der Waals surface area contributed by atoms with Crippen LogP contribution in [0.3, 0.4) is 0 Å². The van der Waals surface area contributed by atoms with E-state index >= 15 is 0 Å². The van der Waals surface area contributed by atoms with E-state index in [0.29, 0.717) is 64.7 Å². The average molecular weight is 547 g/mol. The van der Waals surface area contributed by atoms with Crippen LogP contribution in [0.15, 0.2) is 24.4 Å². The summed E-state index contributed by atoms with van der Waals surface area (Å²) in [7, 11) is 0. The average Bonchev–Trinajstić information content (AvgIpc) is 3.23. The van der Waals surface area contributed by atoms with Crippen molar-refractivity contribution in [3.8, 4) is 0 Å². The van der Waals surface area contributed by atoms with Crippen molar-refractivity contribution in [2.45, 2.75) is 50.6 Å². The second kappa shape index (κ2) is 10.6. The van der Waals surface area contributed by atoms with E-state index in [1.54, 1.807) is 24.4 Å². The van der Waals surface area contributed by atoms with Gasteiger partial charge < -0.3 is 26.4 Å². The Morgan fingerprint density at radius 3 is 2.49 bits per heavy atom. The maximum Gasteiger partial charge on any atom is 0.407 e. The van der Waals surface area contributed by atoms with Crippen LogP contribution in [0.5, 0.6) is 0 Å². The number of likely N-dealkylation sites (tertiary alicyclic amines) is 1. The molecule has 196 valence electrons. The van der Waals surface area contributed by atoms with E-state index in [9.17, 15) is 14.7 Å². The Labute approximate surface area is 223 Å². The lowest BCUT2D eigenvalue weighted by Crippen LogP contribution is -2.44. The van der Waals surface area contributed by atoms with Gasteiger partial charge in [0.05, 0.1) is 21.9 Å². The van der Waals surface area contributed by atoms with Crippen LogP contribution < -0.4 is 16.4 Å². The molecule has 1 aromatic carbocycles. The first-order chi connectivity index (χ1) is 17.8. The molecule has 2 aliphatic rings. The SMILES string of the molecule is NC(=O)C1CCC(n2c(Nc3c(Cl)cccc3Cl)nc3cnc(NC4CCCN(C(=O)O)C4)nc32)CC1. The molecule has 2 fully saturated rings. The molecular formula is C24H28Cl2N8O3. The second-order valence-corrected chi connectivity index (χ2v) is 10.4. The van der Waals surface area contributed by atoms with Gasteiger partial charge in [0.25, 0.3) is 0 Å². The minimum absolute atomic E-state index is 0.0179. The van der Waals surface area contributed by atoms with Crippen molar-refractivity contribution >= 4 is 64.0 Å². The van der Waals surface area contributed by atoms with Gasteiger partial charge >= 0.3 is 6.09 Å². The molecule has 1 aliphatic carbocycles. The summed E-state index contributed by atoms with van der Waals surface area (Å²) in [5.41, 5.74) is 7.30. The number of carbonyl (C=O) groups excluding carboxylic acids is 1. The van der Waals surface area contributed by atoms with Gasteiger partial charge in [0.15, 0.2) is 5.65 Å². The number of primary amides is 1. The zero-order chi connectivity index (χ0) is 26.1. The Balaban J connectivity index is 1.49. The van der Waals surface area contributed by atoms with E-state index in [2.05, 4.69) is 15.6 Å². The first-order valence-electron chi connectivity index (χ1n) is 12.3. The summed E-state index contributed by atoms with van der Waals surface area (Å²) in [6, 6.07) is 5.18. The fourth-order valence-electron chi connectivity index (χ4n) is 5.19. The van der Waals surface area contributed by atoms with E-state index in [0.717, 1.165) is 25.7 Å². The predicted octanol–water partition coefficient (Wildman–Crippen LogP) is 4.65. The fourth-order valence-corrected chi connectivity index (χ4v) is 5.69. The standard InChI is InChI=1S/C24H28Cl2N8O3/c25-16-4-1-5-17(26)19(16)31-23-30-18-11-28-22(29-14-3-2-10-33(12-14)24(36)37)32-21(18)34(23)15-8-6-13(7-9-15)20(27)35/h1,4-5,11,13-15H,2-3,6-10,12H2,(H2,27,35)(H,30,31)(H,36,37)(H,28,29,32). The van der Waals surface area contributed by atoms with Crippen molar-refractivity contribution in [3.63, 3.8) is 0 Å². The molecule has 3 heterocycles. The van der Waals surface area contributed by atoms with E-state index < -0.39 is 6.09 Å². The number of piperidine rings is 1. The monoisotopic (exact) mass is 546 g/mol. The summed E-state index contributed by atoms with van der Waals surface area (Å²) in [6.07, 6.45) is 5.11. The molecule has 1 aliphatic heterocycles. The number of imidazole rings is 1. The van der Waals surface area contributed by atoms with Crippen molar-refractivity contribution in [1.29, 1.82) is 0 Å². The molecule has 13 heteroatoms. The molecule has 0 radical (unpaired) electrons. The van der Waals surface area contributed by atoms with E-state index in [-0.39, 0.29) is 23.9 Å². The lowest BCUT2D eigenvalue weighted by atomic mass is 9.85. The normalized spacial score (nSPS) is 22.1. The Kier molecular flexibility index (Phi) is 7.25. The van der Waals surface area contributed by atoms with Crippen molar-refractivity contribution in [2.75, 3.05) is 23.7 Å². The van der Waals surface area contributed by atoms with Crippen LogP contribution in [0.2, 0.25) is 10.0 Å². The number of halogens is 2. The minimum atomic E-state index is -0.929. The van der Waals surface area contributed by atoms with Crippen LogP contribution in [0, 0.1) is 5.92 Å². The number of benzene rings is 1. The number of fused-ring (bicyclic) bond motifs is 1. The third-order valence-corrected chi connectivity index (χ3v) is 7.75. The number of nitrogens with two attached hydrogens (primary N) is 1. The summed E-state index contributed by atoms with van der Waals surface area (Å²) in [4.78, 5) is 38.5. The third kappa shape index (κ3) is 5.37. The highest BCUT2D eigenvalue weighted by Gasteiger charge is 2.30. The zero-order valence-corrected chi connectivity index (χ0v) is 21.5. The number of nitrogens with zero attached hydrogens (tertiary/aromatic N) is 5. The molecule has 2 aromatic heterocycles. The number of hydrogen-bond acceptors (Lipinski definition) is 7. The Morgan fingerprint density at radius 1 is 1.08 bits per heavy atom. The maximum atomic E-state index is 11.7. The van der Waals surface area contributed by atoms with Crippen molar-refractivity contribution in [3.05, 3.63) is 34.4 Å². The molecule has 11 nitrogen and oxygen atoms in total. The van der Waals surface area contributed by atoms with Crippen LogP contribution >= 0.6 is 23.2 Å². The lowest BCUT2D eigenvalue weighted by molar-refractivity contribution is -0.122. The Hall–Kier alpha value is -3.31. The van der Waals surface area contributed by atoms with Gasteiger partial charge in [-0.15, -0.1) is 0 Å². The van der Waals surface area contributed by atoms with Gasteiger partial charge in [-0.2, -0.15) is 4.98 Å². The first-order valence-corrected chi connectivity index (χ1v) is 13.1. The molecule has 5 rings (SSSR count). The van der Waals surface area contributed by atoms with Crippen LogP contribution in [0.4, 0.5) is 22.4 Å². The van der Waals surface area contributed by atoms with Crippen LogP contribution in [-0.4, -0.2) is 60.7 Å². The summed E-state index contributed by atoms with van der Waals surface area (Å²) in [6.45, 7) is 0.888. The number of carboxylic acid groups (broad SMARTS) is 1. The predicted molar refractivity (Wildman–Crippen MR) is 141 cm³/mol. The minimum Gasteiger partial charge on any atom is -0.465 e. The highest BCUT2D eigenvalue weighted by Crippen LogP contribution is 2.39. The lowest BCUT2D eigenvalue weighted by Gasteiger charge is -2.31. The van der Waals surface area contributed by atoms with Gasteiger partial charge in [-0.3, -0.25) is 9.36 Å². The highest BCUT2D eigenvalue weighted by molar-refractivity contribution is 6.39. The Morgan fingerprint density at radius 2 is 1.81 bits per heavy atom. The number of aromatic nitrogens is 4. The first kappa shape index (κ1) is 25.3. The Bertz CT molecular complexity index is 1300. The van der Waals surface area contributed by atoms with Gasteiger partial charge in [0.2, 0.25) is 17.8 Å². The quantitative estimate of drug-likeness (QED) is 0.348. The topological polar surface area (TPSA) is 151 Å². The molecule has 2 amide bonds. The highest BCUT2D eigenvalue weighted by atomic mass is 35.5. The molecule has 1 saturated carbocycles. The smallest absolute Gasteiger partial charge is 0.407 e. The number of rotatable bonds is 6. The van der Waals surface area contributed by atoms with E-state index in [1.807, 2.05) is 4.57 Å². The summed E-state index contributed by atoms with van der Waals surface area (Å²) in [5.74, 6) is 0.510. The molecule has 0 bridgehead atoms. The summed E-state index contributed by atoms with van der Waals surface area (Å²) in [5, 5.41) is 16.9. The number of hydrogen-bond donors (Lipinski definition) is 4. The summed E-state index contributed by atoms with van der Waals surface area (Å²) >= 11 is 12.8. The van der Waals surface area contributed by atoms with Gasteiger partial charge in [-0.05, 0) is 50.7 Å². The number of anilines is 3. The molecule has 0 spiro atoms. The van der Waals surface area contributed by atoms with Crippen molar-refractivity contribution < 1.29 is 14.7 Å². The van der Waals surface area contributed by atoms with Crippen LogP contribution in [0.25, 0.3) is 11.2 Å². The molecule has 1 saturated heterocycles. The van der Waals surface area contributed by atoms with Gasteiger partial charge in [-0.25, -0.2) is 14.8 Å². The number of nitrogens with one attached hydrogen (secondary N) is 2. The van der Waals surface area contributed by atoms with Gasteiger partial charge in [0, 0.05) is 31.1 Å². The molecule has 1 atom stereocenters. The van der Waals surface area contributed by atoms with Gasteiger partial charge in [-0.1, -0.05) is 29.3 Å². The van der Waals surface area contributed by atoms with Gasteiger partial charge in [0.1, 0.15) is 5.52 Å². The van der Waals surface area contributed by atoms with E-state index in [1.165, 1.54) is 4.90 Å². The number of para-hydroxylation sites is 1. The van der Waals surface area contributed by atoms with Crippen molar-refractivity contribution in [1.82, 2.24) is 24.4 Å². The molecule has 37 heavy (non-hydrogen) atoms. The molecule has 1 unspecified atom stereocenters. The molecular weight excluding hydrogens is 519 g/mol. The number of carbonyl (C=O) groups is 2. The second-order valence-electron chi connectivity index (χ2n) is 9.55. The third-order valence-electron chi connectivity index (χ3n) is 7.12. The largest absolute Gasteiger partial charge is 0.465 e. The zero-order valence-electron chi connectivity index (χ0n) is 20.0.